The van der Waals surface area contributed by atoms with Crippen LogP contribution in [0.4, 0.5) is 0 Å². The van der Waals surface area contributed by atoms with E-state index < -0.39 is 0 Å². The van der Waals surface area contributed by atoms with Crippen molar-refractivity contribution in [2.75, 3.05) is 33.4 Å². The zero-order valence-corrected chi connectivity index (χ0v) is 13.0. The molecule has 1 radical (unpaired) electrons. The van der Waals surface area contributed by atoms with Gasteiger partial charge in [-0.3, -0.25) is 9.88 Å². The second-order valence-corrected chi connectivity index (χ2v) is 5.24. The normalized spacial score (nSPS) is 17.4. The Morgan fingerprint density at radius 2 is 2.14 bits per heavy atom. The molecule has 1 atom stereocenters. The number of methoxy groups -OCH3 is 1. The lowest BCUT2D eigenvalue weighted by Crippen LogP contribution is -2.46. The van der Waals surface area contributed by atoms with Gasteiger partial charge < -0.3 is 14.2 Å². The highest BCUT2D eigenvalue weighted by Gasteiger charge is 2.22. The Kier molecular flexibility index (Phi) is 4.75. The van der Waals surface area contributed by atoms with Crippen molar-refractivity contribution in [3.05, 3.63) is 30.5 Å². The standard InChI is InChI=1S/C17H21N2O3/c1-3-17(19-7-9-21-10-8-19)22-16-12-14-13(5-4-6-18-14)11-15(16)20-2/h4,6,11-12,17H,3,7-10H2,1-2H3. The van der Waals surface area contributed by atoms with Gasteiger partial charge in [0.25, 0.3) is 0 Å². The first-order valence-corrected chi connectivity index (χ1v) is 7.64. The molecule has 2 heterocycles. The summed E-state index contributed by atoms with van der Waals surface area (Å²) < 4.78 is 17.1. The van der Waals surface area contributed by atoms with Crippen molar-refractivity contribution >= 4 is 10.9 Å². The van der Waals surface area contributed by atoms with E-state index in [0.717, 1.165) is 49.4 Å². The van der Waals surface area contributed by atoms with Crippen LogP contribution in [0.15, 0.2) is 24.4 Å². The van der Waals surface area contributed by atoms with E-state index >= 15 is 0 Å². The fraction of sp³-hybridized carbons (Fsp3) is 0.471. The average molecular weight is 301 g/mol. The fourth-order valence-electron chi connectivity index (χ4n) is 2.70. The number of ether oxygens (including phenoxy) is 3. The van der Waals surface area contributed by atoms with E-state index in [2.05, 4.69) is 22.9 Å². The number of morpholine rings is 1. The second-order valence-electron chi connectivity index (χ2n) is 5.24. The summed E-state index contributed by atoms with van der Waals surface area (Å²) in [5.41, 5.74) is 0.857. The summed E-state index contributed by atoms with van der Waals surface area (Å²) in [6.45, 7) is 5.41. The predicted molar refractivity (Wildman–Crippen MR) is 84.2 cm³/mol. The molecule has 1 aliphatic rings. The van der Waals surface area contributed by atoms with Crippen LogP contribution in [-0.2, 0) is 4.74 Å². The van der Waals surface area contributed by atoms with Crippen molar-refractivity contribution in [2.24, 2.45) is 0 Å². The lowest BCUT2D eigenvalue weighted by Gasteiger charge is -2.34. The largest absolute Gasteiger partial charge is 0.493 e. The highest BCUT2D eigenvalue weighted by molar-refractivity contribution is 5.81. The third-order valence-electron chi connectivity index (χ3n) is 3.87. The first-order chi connectivity index (χ1) is 10.8. The van der Waals surface area contributed by atoms with Gasteiger partial charge in [0.2, 0.25) is 0 Å². The topological polar surface area (TPSA) is 43.8 Å². The number of fused-ring (bicyclic) bond motifs is 1. The van der Waals surface area contributed by atoms with E-state index in [9.17, 15) is 0 Å². The summed E-state index contributed by atoms with van der Waals surface area (Å²) in [5, 5.41) is 0.922. The molecule has 0 N–H and O–H groups in total. The highest BCUT2D eigenvalue weighted by Crippen LogP contribution is 2.32. The van der Waals surface area contributed by atoms with Crippen LogP contribution < -0.4 is 9.47 Å². The Hall–Kier alpha value is -1.85. The Balaban J connectivity index is 1.87. The van der Waals surface area contributed by atoms with Gasteiger partial charge in [-0.25, -0.2) is 0 Å². The lowest BCUT2D eigenvalue weighted by atomic mass is 10.2. The van der Waals surface area contributed by atoms with Gasteiger partial charge in [-0.2, -0.15) is 0 Å². The zero-order valence-electron chi connectivity index (χ0n) is 13.0. The van der Waals surface area contributed by atoms with Crippen molar-refractivity contribution in [3.8, 4) is 11.5 Å². The SMILES string of the molecule is CCC(Oc1cc2ncc[c]c2cc1OC)N1CCOCC1. The average Bonchev–Trinajstić information content (AvgIpc) is 2.59. The van der Waals surface area contributed by atoms with Gasteiger partial charge in [-0.05, 0) is 24.6 Å². The Morgan fingerprint density at radius 1 is 1.32 bits per heavy atom. The molecular weight excluding hydrogens is 280 g/mol. The van der Waals surface area contributed by atoms with Gasteiger partial charge in [-0.15, -0.1) is 0 Å². The summed E-state index contributed by atoms with van der Waals surface area (Å²) >= 11 is 0. The van der Waals surface area contributed by atoms with Gasteiger partial charge >= 0.3 is 0 Å². The van der Waals surface area contributed by atoms with Crippen LogP contribution in [-0.4, -0.2) is 49.5 Å². The number of hydrogen-bond donors (Lipinski definition) is 0. The van der Waals surface area contributed by atoms with Crippen LogP contribution in [0.5, 0.6) is 11.5 Å². The Bertz CT molecular complexity index is 626. The van der Waals surface area contributed by atoms with Gasteiger partial charge in [0.15, 0.2) is 17.7 Å². The number of hydrogen-bond acceptors (Lipinski definition) is 5. The van der Waals surface area contributed by atoms with Crippen LogP contribution >= 0.6 is 0 Å². The number of benzene rings is 1. The molecule has 1 saturated heterocycles. The van der Waals surface area contributed by atoms with E-state index in [1.165, 1.54) is 0 Å². The molecule has 1 aliphatic heterocycles. The summed E-state index contributed by atoms with van der Waals surface area (Å²) in [4.78, 5) is 6.67. The maximum absolute atomic E-state index is 6.22. The van der Waals surface area contributed by atoms with E-state index in [0.29, 0.717) is 5.75 Å². The molecule has 0 bridgehead atoms. The van der Waals surface area contributed by atoms with Gasteiger partial charge in [0.1, 0.15) is 0 Å². The van der Waals surface area contributed by atoms with Crippen LogP contribution in [0.25, 0.3) is 10.9 Å². The molecule has 1 unspecified atom stereocenters. The van der Waals surface area contributed by atoms with E-state index in [1.807, 2.05) is 12.1 Å². The molecule has 1 aromatic carbocycles. The van der Waals surface area contributed by atoms with Crippen molar-refractivity contribution in [3.63, 3.8) is 0 Å². The smallest absolute Gasteiger partial charge is 0.165 e. The zero-order chi connectivity index (χ0) is 15.4. The molecule has 1 fully saturated rings. The molecule has 0 aliphatic carbocycles. The van der Waals surface area contributed by atoms with Crippen molar-refractivity contribution in [1.82, 2.24) is 9.88 Å². The molecule has 0 spiro atoms. The van der Waals surface area contributed by atoms with Gasteiger partial charge in [-0.1, -0.05) is 6.92 Å². The summed E-state index contributed by atoms with van der Waals surface area (Å²) in [6.07, 6.45) is 2.65. The maximum Gasteiger partial charge on any atom is 0.165 e. The first kappa shape index (κ1) is 15.1. The second kappa shape index (κ2) is 6.94. The molecule has 117 valence electrons. The quantitative estimate of drug-likeness (QED) is 0.849. The number of pyridine rings is 1. The number of aromatic nitrogens is 1. The number of rotatable bonds is 5. The minimum atomic E-state index is 0.0166. The van der Waals surface area contributed by atoms with Gasteiger partial charge in [0, 0.05) is 30.7 Å². The summed E-state index contributed by atoms with van der Waals surface area (Å²) in [7, 11) is 1.65. The van der Waals surface area contributed by atoms with Crippen LogP contribution in [0.3, 0.4) is 0 Å². The monoisotopic (exact) mass is 301 g/mol. The van der Waals surface area contributed by atoms with Crippen molar-refractivity contribution in [2.45, 2.75) is 19.6 Å². The third kappa shape index (κ3) is 3.15. The Labute approximate surface area is 130 Å². The van der Waals surface area contributed by atoms with Crippen LogP contribution in [0.1, 0.15) is 13.3 Å². The minimum Gasteiger partial charge on any atom is -0.493 e. The molecule has 0 saturated carbocycles. The first-order valence-electron chi connectivity index (χ1n) is 7.64. The Morgan fingerprint density at radius 3 is 2.86 bits per heavy atom. The lowest BCUT2D eigenvalue weighted by molar-refractivity contribution is -0.0475. The third-order valence-corrected chi connectivity index (χ3v) is 3.87. The minimum absolute atomic E-state index is 0.0166. The fourth-order valence-corrected chi connectivity index (χ4v) is 2.70. The predicted octanol–water partition coefficient (Wildman–Crippen LogP) is 2.49. The molecule has 3 rings (SSSR count). The molecular formula is C17H21N2O3. The van der Waals surface area contributed by atoms with Gasteiger partial charge in [0.05, 0.1) is 25.8 Å². The highest BCUT2D eigenvalue weighted by atomic mass is 16.5. The van der Waals surface area contributed by atoms with Crippen LogP contribution in [0, 0.1) is 6.07 Å². The van der Waals surface area contributed by atoms with Crippen molar-refractivity contribution < 1.29 is 14.2 Å². The van der Waals surface area contributed by atoms with Crippen LogP contribution in [0.2, 0.25) is 0 Å². The maximum atomic E-state index is 6.22. The molecule has 22 heavy (non-hydrogen) atoms. The summed E-state index contributed by atoms with van der Waals surface area (Å²) in [5.74, 6) is 1.43. The molecule has 0 amide bonds. The molecule has 5 nitrogen and oxygen atoms in total. The molecule has 5 heteroatoms. The summed E-state index contributed by atoms with van der Waals surface area (Å²) in [6, 6.07) is 8.80. The molecule has 2 aromatic rings. The van der Waals surface area contributed by atoms with E-state index in [4.69, 9.17) is 14.2 Å². The number of nitrogens with zero attached hydrogens (tertiary/aromatic N) is 2. The van der Waals surface area contributed by atoms with E-state index in [1.54, 1.807) is 19.4 Å². The van der Waals surface area contributed by atoms with E-state index in [-0.39, 0.29) is 6.23 Å². The van der Waals surface area contributed by atoms with Crippen molar-refractivity contribution in [1.29, 1.82) is 0 Å². The molecule has 1 aromatic heterocycles.